The molecule has 3 rings (SSSR count). The summed E-state index contributed by atoms with van der Waals surface area (Å²) in [5, 5.41) is 0. The molecular formula is C21H30N3O5+. The molecule has 1 N–H and O–H groups in total. The lowest BCUT2D eigenvalue weighted by molar-refractivity contribution is -0.918. The van der Waals surface area contributed by atoms with Crippen LogP contribution in [-0.2, 0) is 14.3 Å². The molecule has 0 aromatic heterocycles. The van der Waals surface area contributed by atoms with Crippen LogP contribution in [0.5, 0.6) is 5.75 Å². The number of piperazine rings is 1. The Labute approximate surface area is 171 Å². The minimum atomic E-state index is -0.421. The van der Waals surface area contributed by atoms with E-state index in [4.69, 9.17) is 9.47 Å². The number of imide groups is 1. The first-order chi connectivity index (χ1) is 14.1. The molecule has 0 radical (unpaired) electrons. The molecule has 1 aromatic carbocycles. The summed E-state index contributed by atoms with van der Waals surface area (Å²) in [5.41, 5.74) is 0.519. The van der Waals surface area contributed by atoms with Crippen LogP contribution in [0.4, 0.5) is 10.5 Å². The summed E-state index contributed by atoms with van der Waals surface area (Å²) in [5.74, 6) is 0.165. The number of quaternary nitrogens is 1. The smallest absolute Gasteiger partial charge is 0.410 e. The van der Waals surface area contributed by atoms with E-state index in [-0.39, 0.29) is 24.3 Å². The molecule has 0 unspecified atom stereocenters. The second kappa shape index (κ2) is 9.73. The van der Waals surface area contributed by atoms with E-state index in [1.807, 2.05) is 6.07 Å². The number of hydrogen-bond acceptors (Lipinski definition) is 5. The van der Waals surface area contributed by atoms with Gasteiger partial charge in [0.05, 0.1) is 51.5 Å². The summed E-state index contributed by atoms with van der Waals surface area (Å²) in [6.45, 7) is 7.02. The molecule has 0 bridgehead atoms. The molecule has 158 valence electrons. The van der Waals surface area contributed by atoms with Gasteiger partial charge in [-0.2, -0.15) is 0 Å². The lowest BCUT2D eigenvalue weighted by atomic mass is 10.2. The molecule has 1 atom stereocenters. The molecule has 8 nitrogen and oxygen atoms in total. The summed E-state index contributed by atoms with van der Waals surface area (Å²) in [4.78, 5) is 41.7. The van der Waals surface area contributed by atoms with Gasteiger partial charge < -0.3 is 14.4 Å². The van der Waals surface area contributed by atoms with Crippen LogP contribution in [0.3, 0.4) is 0 Å². The lowest BCUT2D eigenvalue weighted by Crippen LogP contribution is -3.19. The highest BCUT2D eigenvalue weighted by Crippen LogP contribution is 2.31. The molecule has 0 aliphatic carbocycles. The van der Waals surface area contributed by atoms with Gasteiger partial charge in [0.15, 0.2) is 6.04 Å². The molecule has 2 aliphatic rings. The summed E-state index contributed by atoms with van der Waals surface area (Å²) in [6, 6.07) is 6.78. The molecule has 0 spiro atoms. The summed E-state index contributed by atoms with van der Waals surface area (Å²) < 4.78 is 10.9. The molecular weight excluding hydrogens is 374 g/mol. The van der Waals surface area contributed by atoms with Crippen LogP contribution in [0, 0.1) is 0 Å². The lowest BCUT2D eigenvalue weighted by Gasteiger charge is -2.33. The molecule has 0 saturated carbocycles. The predicted octanol–water partition coefficient (Wildman–Crippen LogP) is 0.854. The quantitative estimate of drug-likeness (QED) is 0.538. The van der Waals surface area contributed by atoms with Crippen molar-refractivity contribution < 1.29 is 28.8 Å². The van der Waals surface area contributed by atoms with Gasteiger partial charge in [-0.15, -0.1) is 0 Å². The molecule has 8 heteroatoms. The van der Waals surface area contributed by atoms with Crippen LogP contribution in [0.25, 0.3) is 0 Å². The number of hydrogen-bond donors (Lipinski definition) is 1. The van der Waals surface area contributed by atoms with Crippen molar-refractivity contribution in [1.82, 2.24) is 4.90 Å². The zero-order valence-electron chi connectivity index (χ0n) is 17.2. The zero-order chi connectivity index (χ0) is 20.8. The average Bonchev–Trinajstić information content (AvgIpc) is 3.03. The van der Waals surface area contributed by atoms with E-state index in [9.17, 15) is 14.4 Å². The van der Waals surface area contributed by atoms with Crippen LogP contribution in [-0.4, -0.2) is 68.2 Å². The molecule has 2 saturated heterocycles. The first-order valence-corrected chi connectivity index (χ1v) is 10.4. The first-order valence-electron chi connectivity index (χ1n) is 10.4. The van der Waals surface area contributed by atoms with Crippen molar-refractivity contribution in [3.8, 4) is 5.75 Å². The highest BCUT2D eigenvalue weighted by molar-refractivity contribution is 6.22. The maximum atomic E-state index is 13.1. The molecule has 2 fully saturated rings. The number of amides is 3. The van der Waals surface area contributed by atoms with Crippen molar-refractivity contribution in [3.05, 3.63) is 24.3 Å². The fourth-order valence-electron chi connectivity index (χ4n) is 3.83. The van der Waals surface area contributed by atoms with Crippen molar-refractivity contribution in [2.45, 2.75) is 39.2 Å². The molecule has 1 aromatic rings. The van der Waals surface area contributed by atoms with E-state index >= 15 is 0 Å². The van der Waals surface area contributed by atoms with Gasteiger partial charge in [-0.25, -0.2) is 9.69 Å². The number of rotatable bonds is 7. The summed E-state index contributed by atoms with van der Waals surface area (Å²) in [6.07, 6.45) is 1.78. The van der Waals surface area contributed by atoms with Gasteiger partial charge in [0.1, 0.15) is 5.75 Å². The van der Waals surface area contributed by atoms with Crippen LogP contribution in [0.2, 0.25) is 0 Å². The average molecular weight is 404 g/mol. The van der Waals surface area contributed by atoms with Crippen molar-refractivity contribution in [2.24, 2.45) is 0 Å². The molecule has 2 aliphatic heterocycles. The Balaban J connectivity index is 1.67. The number of carbonyl (C=O) groups excluding carboxylic acids is 3. The van der Waals surface area contributed by atoms with Gasteiger partial charge in [0, 0.05) is 0 Å². The number of anilines is 1. The van der Waals surface area contributed by atoms with Crippen molar-refractivity contribution in [1.29, 1.82) is 0 Å². The number of nitrogens with zero attached hydrogens (tertiary/aromatic N) is 2. The maximum Gasteiger partial charge on any atom is 0.410 e. The minimum absolute atomic E-state index is 0.177. The van der Waals surface area contributed by atoms with Gasteiger partial charge in [-0.1, -0.05) is 25.5 Å². The van der Waals surface area contributed by atoms with Gasteiger partial charge >= 0.3 is 6.09 Å². The number of ether oxygens (including phenoxy) is 2. The number of carbonyl (C=O) groups is 3. The third-order valence-corrected chi connectivity index (χ3v) is 5.43. The van der Waals surface area contributed by atoms with E-state index in [1.54, 1.807) is 30.0 Å². The highest BCUT2D eigenvalue weighted by atomic mass is 16.6. The van der Waals surface area contributed by atoms with Gasteiger partial charge in [0.2, 0.25) is 5.91 Å². The first kappa shape index (κ1) is 21.1. The molecule has 2 heterocycles. The second-order valence-corrected chi connectivity index (χ2v) is 7.34. The number of para-hydroxylation sites is 2. The molecule has 29 heavy (non-hydrogen) atoms. The zero-order valence-corrected chi connectivity index (χ0v) is 17.2. The third kappa shape index (κ3) is 4.70. The van der Waals surface area contributed by atoms with Crippen LogP contribution < -0.4 is 14.5 Å². The van der Waals surface area contributed by atoms with Crippen molar-refractivity contribution in [2.75, 3.05) is 44.3 Å². The Morgan fingerprint density at radius 1 is 1.17 bits per heavy atom. The van der Waals surface area contributed by atoms with Gasteiger partial charge in [-0.3, -0.25) is 14.5 Å². The van der Waals surface area contributed by atoms with Crippen molar-refractivity contribution >= 4 is 23.6 Å². The molecule has 3 amide bonds. The fraction of sp³-hybridized carbons (Fsp3) is 0.571. The Kier molecular flexibility index (Phi) is 7.09. The minimum Gasteiger partial charge on any atom is -0.491 e. The standard InChI is InChI=1S/C21H29N3O5/c1-3-5-14-29-18-9-7-6-8-16(18)24-19(25)15-17(20(24)26)22-10-12-23(13-11-22)21(27)28-4-2/h6-9,17H,3-5,10-15H2,1-2H3/p+1/t17-/m0/s1. The Bertz CT molecular complexity index is 746. The number of nitrogens with one attached hydrogen (secondary N) is 1. The van der Waals surface area contributed by atoms with Gasteiger partial charge in [0.25, 0.3) is 5.91 Å². The van der Waals surface area contributed by atoms with Crippen LogP contribution >= 0.6 is 0 Å². The van der Waals surface area contributed by atoms with Crippen LogP contribution in [0.1, 0.15) is 33.1 Å². The van der Waals surface area contributed by atoms with Crippen molar-refractivity contribution in [3.63, 3.8) is 0 Å². The Morgan fingerprint density at radius 2 is 1.90 bits per heavy atom. The number of unbranched alkanes of at least 4 members (excludes halogenated alkanes) is 1. The third-order valence-electron chi connectivity index (χ3n) is 5.43. The fourth-order valence-corrected chi connectivity index (χ4v) is 3.83. The van der Waals surface area contributed by atoms with E-state index in [0.29, 0.717) is 50.8 Å². The van der Waals surface area contributed by atoms with Gasteiger partial charge in [-0.05, 0) is 25.5 Å². The topological polar surface area (TPSA) is 80.6 Å². The van der Waals surface area contributed by atoms with E-state index in [1.165, 1.54) is 4.90 Å². The Morgan fingerprint density at radius 3 is 2.59 bits per heavy atom. The SMILES string of the molecule is CCCCOc1ccccc1N1C(=O)C[C@H]([NH+]2CCN(C(=O)OCC)CC2)C1=O. The van der Waals surface area contributed by atoms with E-state index in [0.717, 1.165) is 17.7 Å². The van der Waals surface area contributed by atoms with E-state index < -0.39 is 6.04 Å². The summed E-state index contributed by atoms with van der Waals surface area (Å²) >= 11 is 0. The highest BCUT2D eigenvalue weighted by Gasteiger charge is 2.47. The maximum absolute atomic E-state index is 13.1. The monoisotopic (exact) mass is 404 g/mol. The normalized spacial score (nSPS) is 20.3. The number of benzene rings is 1. The van der Waals surface area contributed by atoms with E-state index in [2.05, 4.69) is 6.92 Å². The van der Waals surface area contributed by atoms with Crippen LogP contribution in [0.15, 0.2) is 24.3 Å². The largest absolute Gasteiger partial charge is 0.491 e. The second-order valence-electron chi connectivity index (χ2n) is 7.34. The predicted molar refractivity (Wildman–Crippen MR) is 107 cm³/mol. The Hall–Kier alpha value is -2.61. The summed E-state index contributed by atoms with van der Waals surface area (Å²) in [7, 11) is 0.